The van der Waals surface area contributed by atoms with Crippen molar-refractivity contribution in [2.75, 3.05) is 34.3 Å². The van der Waals surface area contributed by atoms with Crippen molar-refractivity contribution in [1.29, 1.82) is 0 Å². The number of hydrogen-bond acceptors (Lipinski definition) is 4. The van der Waals surface area contributed by atoms with Gasteiger partial charge in [0.05, 0.1) is 12.2 Å². The molecule has 0 aliphatic carbocycles. The van der Waals surface area contributed by atoms with E-state index in [-0.39, 0.29) is 24.0 Å². The average Bonchev–Trinajstić information content (AvgIpc) is 3.00. The van der Waals surface area contributed by atoms with Gasteiger partial charge in [-0.25, -0.2) is 0 Å². The molecule has 1 heterocycles. The van der Waals surface area contributed by atoms with Gasteiger partial charge in [0.25, 0.3) is 0 Å². The number of aromatic nitrogens is 2. The summed E-state index contributed by atoms with van der Waals surface area (Å²) in [6, 6.07) is 10.1. The molecule has 0 amide bonds. The minimum Gasteiger partial charge on any atom is -0.492 e. The normalized spacial score (nSPS) is 11.2. The van der Waals surface area contributed by atoms with Gasteiger partial charge in [0.15, 0.2) is 5.96 Å². The van der Waals surface area contributed by atoms with E-state index < -0.39 is 0 Å². The number of hydrogen-bond donors (Lipinski definition) is 2. The number of ether oxygens (including phenoxy) is 1. The Labute approximate surface area is 172 Å². The first kappa shape index (κ1) is 22.2. The van der Waals surface area contributed by atoms with Gasteiger partial charge < -0.3 is 20.3 Å². The number of nitrogens with one attached hydrogen (secondary N) is 2. The Morgan fingerprint density at radius 2 is 2.00 bits per heavy atom. The van der Waals surface area contributed by atoms with Gasteiger partial charge in [-0.05, 0) is 37.9 Å². The molecule has 8 heteroatoms. The summed E-state index contributed by atoms with van der Waals surface area (Å²) in [4.78, 5) is 6.35. The monoisotopic (exact) mass is 472 g/mol. The molecular formula is C18H29IN6O. The molecule has 0 aliphatic heterocycles. The molecular weight excluding hydrogens is 443 g/mol. The number of halogens is 1. The molecule has 0 saturated heterocycles. The lowest BCUT2D eigenvalue weighted by Gasteiger charge is -2.14. The van der Waals surface area contributed by atoms with Crippen molar-refractivity contribution in [3.8, 4) is 5.75 Å². The molecule has 0 bridgehead atoms. The average molecular weight is 472 g/mol. The fourth-order valence-corrected chi connectivity index (χ4v) is 2.25. The van der Waals surface area contributed by atoms with E-state index in [1.54, 1.807) is 13.2 Å². The summed E-state index contributed by atoms with van der Waals surface area (Å²) in [6.45, 7) is 2.92. The number of aliphatic imine (C=N–C) groups is 1. The molecule has 0 unspecified atom stereocenters. The molecule has 1 aromatic carbocycles. The van der Waals surface area contributed by atoms with Gasteiger partial charge in [0.1, 0.15) is 12.4 Å². The molecule has 0 atom stereocenters. The Morgan fingerprint density at radius 3 is 2.65 bits per heavy atom. The molecule has 0 spiro atoms. The van der Waals surface area contributed by atoms with Crippen LogP contribution in [0.2, 0.25) is 0 Å². The zero-order chi connectivity index (χ0) is 18.1. The first-order valence-electron chi connectivity index (χ1n) is 8.36. The van der Waals surface area contributed by atoms with E-state index in [4.69, 9.17) is 4.74 Å². The summed E-state index contributed by atoms with van der Waals surface area (Å²) in [5.74, 6) is 1.64. The Balaban J connectivity index is 0.00000338. The predicted molar refractivity (Wildman–Crippen MR) is 116 cm³/mol. The van der Waals surface area contributed by atoms with Crippen LogP contribution in [0.15, 0.2) is 41.5 Å². The Kier molecular flexibility index (Phi) is 10.0. The smallest absolute Gasteiger partial charge is 0.191 e. The fraction of sp³-hybridized carbons (Fsp3) is 0.444. The molecule has 2 N–H and O–H groups in total. The lowest BCUT2D eigenvalue weighted by Crippen LogP contribution is -2.36. The molecule has 0 radical (unpaired) electrons. The molecule has 0 aliphatic rings. The Hall–Kier alpha value is -1.81. The fourth-order valence-electron chi connectivity index (χ4n) is 2.25. The second-order valence-electron chi connectivity index (χ2n) is 6.02. The summed E-state index contributed by atoms with van der Waals surface area (Å²) in [5.41, 5.74) is 2.24. The summed E-state index contributed by atoms with van der Waals surface area (Å²) < 4.78 is 7.62. The van der Waals surface area contributed by atoms with Gasteiger partial charge in [-0.15, -0.1) is 24.0 Å². The lowest BCUT2D eigenvalue weighted by molar-refractivity contribution is 0.261. The summed E-state index contributed by atoms with van der Waals surface area (Å²) >= 11 is 0. The third kappa shape index (κ3) is 7.61. The highest BCUT2D eigenvalue weighted by atomic mass is 127. The van der Waals surface area contributed by atoms with Gasteiger partial charge in [-0.2, -0.15) is 5.10 Å². The molecule has 2 aromatic rings. The maximum absolute atomic E-state index is 5.78. The van der Waals surface area contributed by atoms with Crippen LogP contribution in [0.5, 0.6) is 5.75 Å². The van der Waals surface area contributed by atoms with Crippen molar-refractivity contribution in [3.63, 3.8) is 0 Å². The van der Waals surface area contributed by atoms with Gasteiger partial charge in [-0.3, -0.25) is 9.67 Å². The number of rotatable bonds is 8. The van der Waals surface area contributed by atoms with E-state index in [0.717, 1.165) is 29.5 Å². The maximum Gasteiger partial charge on any atom is 0.191 e. The second kappa shape index (κ2) is 11.7. The van der Waals surface area contributed by atoms with Crippen LogP contribution in [0.25, 0.3) is 0 Å². The summed E-state index contributed by atoms with van der Waals surface area (Å²) in [7, 11) is 7.76. The molecule has 2 rings (SSSR count). The molecule has 144 valence electrons. The standard InChI is InChI=1S/C18H28N6O.HI/c1-19-18(21-14-16-8-9-22-24(16)4)20-13-15-6-5-7-17(12-15)25-11-10-23(2)3;/h5-9,12H,10-11,13-14H2,1-4H3,(H2,19,20,21);1H. The van der Waals surface area contributed by atoms with Gasteiger partial charge in [0, 0.05) is 33.4 Å². The highest BCUT2D eigenvalue weighted by molar-refractivity contribution is 14.0. The van der Waals surface area contributed by atoms with E-state index in [1.807, 2.05) is 44.0 Å². The number of aryl methyl sites for hydroxylation is 1. The van der Waals surface area contributed by atoms with Gasteiger partial charge in [-0.1, -0.05) is 12.1 Å². The molecule has 7 nitrogen and oxygen atoms in total. The van der Waals surface area contributed by atoms with Crippen molar-refractivity contribution < 1.29 is 4.74 Å². The largest absolute Gasteiger partial charge is 0.492 e. The summed E-state index contributed by atoms with van der Waals surface area (Å²) in [6.07, 6.45) is 1.79. The van der Waals surface area contributed by atoms with Crippen molar-refractivity contribution in [3.05, 3.63) is 47.8 Å². The third-order valence-electron chi connectivity index (χ3n) is 3.75. The molecule has 0 fully saturated rings. The zero-order valence-electron chi connectivity index (χ0n) is 15.9. The van der Waals surface area contributed by atoms with Crippen LogP contribution in [0, 0.1) is 0 Å². The van der Waals surface area contributed by atoms with Crippen LogP contribution in [-0.2, 0) is 20.1 Å². The molecule has 26 heavy (non-hydrogen) atoms. The molecule has 0 saturated carbocycles. The maximum atomic E-state index is 5.78. The highest BCUT2D eigenvalue weighted by Crippen LogP contribution is 2.13. The van der Waals surface area contributed by atoms with Crippen molar-refractivity contribution >= 4 is 29.9 Å². The van der Waals surface area contributed by atoms with Crippen molar-refractivity contribution in [2.45, 2.75) is 13.1 Å². The number of benzene rings is 1. The van der Waals surface area contributed by atoms with Crippen LogP contribution in [0.1, 0.15) is 11.3 Å². The van der Waals surface area contributed by atoms with Crippen LogP contribution in [0.3, 0.4) is 0 Å². The topological polar surface area (TPSA) is 66.7 Å². The van der Waals surface area contributed by atoms with Gasteiger partial charge >= 0.3 is 0 Å². The number of guanidine groups is 1. The van der Waals surface area contributed by atoms with Gasteiger partial charge in [0.2, 0.25) is 0 Å². The van der Waals surface area contributed by atoms with Crippen LogP contribution >= 0.6 is 24.0 Å². The van der Waals surface area contributed by atoms with E-state index in [2.05, 4.69) is 37.8 Å². The second-order valence-corrected chi connectivity index (χ2v) is 6.02. The zero-order valence-corrected chi connectivity index (χ0v) is 18.2. The van der Waals surface area contributed by atoms with E-state index >= 15 is 0 Å². The summed E-state index contributed by atoms with van der Waals surface area (Å²) in [5, 5.41) is 10.8. The van der Waals surface area contributed by atoms with E-state index in [9.17, 15) is 0 Å². The third-order valence-corrected chi connectivity index (χ3v) is 3.75. The minimum absolute atomic E-state index is 0. The Morgan fingerprint density at radius 1 is 1.23 bits per heavy atom. The number of likely N-dealkylation sites (N-methyl/N-ethyl adjacent to an activating group) is 1. The van der Waals surface area contributed by atoms with Crippen LogP contribution in [0.4, 0.5) is 0 Å². The molecule has 1 aromatic heterocycles. The first-order valence-corrected chi connectivity index (χ1v) is 8.36. The SMILES string of the molecule is CN=C(NCc1cccc(OCCN(C)C)c1)NCc1ccnn1C.I. The quantitative estimate of drug-likeness (QED) is 0.349. The van der Waals surface area contributed by atoms with Crippen molar-refractivity contribution in [2.24, 2.45) is 12.0 Å². The first-order chi connectivity index (χ1) is 12.1. The van der Waals surface area contributed by atoms with Crippen LogP contribution in [-0.4, -0.2) is 54.9 Å². The van der Waals surface area contributed by atoms with E-state index in [1.165, 1.54) is 0 Å². The highest BCUT2D eigenvalue weighted by Gasteiger charge is 2.03. The van der Waals surface area contributed by atoms with Crippen molar-refractivity contribution in [1.82, 2.24) is 25.3 Å². The van der Waals surface area contributed by atoms with Crippen LogP contribution < -0.4 is 15.4 Å². The number of nitrogens with zero attached hydrogens (tertiary/aromatic N) is 4. The predicted octanol–water partition coefficient (Wildman–Crippen LogP) is 1.84. The van der Waals surface area contributed by atoms with E-state index in [0.29, 0.717) is 19.7 Å². The lowest BCUT2D eigenvalue weighted by atomic mass is 10.2. The minimum atomic E-state index is 0. The Bertz CT molecular complexity index is 686.